The monoisotopic (exact) mass is 193 g/mol. The standard InChI is InChI=1S/C11H14N2O.H2/c1-7-8(2)11(14)13(3)10-9(7)5-4-6-12-10;/h4-8H,1-3H3;1H/i;1+1. The molecule has 2 unspecified atom stereocenters. The van der Waals surface area contributed by atoms with E-state index in [9.17, 15) is 4.79 Å². The lowest BCUT2D eigenvalue weighted by Gasteiger charge is -2.33. The Morgan fingerprint density at radius 3 is 2.86 bits per heavy atom. The number of rotatable bonds is 0. The van der Waals surface area contributed by atoms with Gasteiger partial charge in [-0.05, 0) is 17.5 Å². The molecule has 0 radical (unpaired) electrons. The average Bonchev–Trinajstić information content (AvgIpc) is 2.23. The number of hydrogen-bond acceptors (Lipinski definition) is 2. The van der Waals surface area contributed by atoms with Crippen molar-refractivity contribution in [1.82, 2.24) is 4.98 Å². The lowest BCUT2D eigenvalue weighted by Crippen LogP contribution is -2.39. The summed E-state index contributed by atoms with van der Waals surface area (Å²) in [6.07, 6.45) is 1.73. The van der Waals surface area contributed by atoms with Crippen molar-refractivity contribution in [2.75, 3.05) is 11.9 Å². The van der Waals surface area contributed by atoms with Crippen LogP contribution < -0.4 is 4.90 Å². The average molecular weight is 193 g/mol. The molecule has 0 aliphatic carbocycles. The van der Waals surface area contributed by atoms with Gasteiger partial charge in [0.25, 0.3) is 0 Å². The van der Waals surface area contributed by atoms with E-state index in [-0.39, 0.29) is 19.2 Å². The lowest BCUT2D eigenvalue weighted by atomic mass is 9.85. The number of hydrogen-bond donors (Lipinski definition) is 0. The predicted octanol–water partition coefficient (Wildman–Crippen LogP) is 2.04. The largest absolute Gasteiger partial charge is 0.299 e. The molecule has 0 saturated heterocycles. The molecule has 2 heterocycles. The van der Waals surface area contributed by atoms with Crippen molar-refractivity contribution in [3.8, 4) is 0 Å². The molecule has 2 rings (SSSR count). The molecule has 0 spiro atoms. The van der Waals surface area contributed by atoms with Crippen LogP contribution in [0.2, 0.25) is 0 Å². The Morgan fingerprint density at radius 1 is 1.43 bits per heavy atom. The van der Waals surface area contributed by atoms with Gasteiger partial charge in [0.05, 0.1) is 0 Å². The highest BCUT2D eigenvalue weighted by atomic mass is 16.2. The molecule has 1 aliphatic heterocycles. The Kier molecular flexibility index (Phi) is 2.02. The van der Waals surface area contributed by atoms with Crippen molar-refractivity contribution in [3.05, 3.63) is 23.9 Å². The third-order valence-electron chi connectivity index (χ3n) is 3.10. The minimum absolute atomic E-state index is 0. The highest BCUT2D eigenvalue weighted by molar-refractivity contribution is 5.97. The van der Waals surface area contributed by atoms with Crippen LogP contribution in [0.4, 0.5) is 5.82 Å². The number of amides is 1. The van der Waals surface area contributed by atoms with Crippen molar-refractivity contribution in [2.45, 2.75) is 19.8 Å². The number of carbonyl (C=O) groups is 1. The number of anilines is 1. The van der Waals surface area contributed by atoms with Crippen molar-refractivity contribution >= 4 is 11.7 Å². The molecule has 0 fully saturated rings. The summed E-state index contributed by atoms with van der Waals surface area (Å²) in [4.78, 5) is 17.7. The zero-order valence-corrected chi connectivity index (χ0v) is 8.69. The zero-order chi connectivity index (χ0) is 10.3. The molecule has 0 N–H and O–H groups in total. The third kappa shape index (κ3) is 1.12. The number of aromatic nitrogens is 1. The van der Waals surface area contributed by atoms with Crippen molar-refractivity contribution < 1.29 is 6.22 Å². The summed E-state index contributed by atoms with van der Waals surface area (Å²) in [6, 6.07) is 3.97. The van der Waals surface area contributed by atoms with Gasteiger partial charge in [0.1, 0.15) is 5.82 Å². The van der Waals surface area contributed by atoms with Crippen molar-refractivity contribution in [3.63, 3.8) is 0 Å². The fourth-order valence-electron chi connectivity index (χ4n) is 1.94. The highest BCUT2D eigenvalue weighted by Crippen LogP contribution is 2.36. The van der Waals surface area contributed by atoms with Gasteiger partial charge in [0.15, 0.2) is 0 Å². The highest BCUT2D eigenvalue weighted by Gasteiger charge is 2.33. The lowest BCUT2D eigenvalue weighted by molar-refractivity contribution is -0.122. The molecule has 3 nitrogen and oxygen atoms in total. The minimum atomic E-state index is 0. The normalized spacial score (nSPS) is 26.2. The van der Waals surface area contributed by atoms with Crippen molar-refractivity contribution in [2.24, 2.45) is 5.92 Å². The first-order chi connectivity index (χ1) is 6.63. The molecule has 0 aromatic carbocycles. The van der Waals surface area contributed by atoms with E-state index in [1.165, 1.54) is 5.56 Å². The predicted molar refractivity (Wildman–Crippen MR) is 57.3 cm³/mol. The third-order valence-corrected chi connectivity index (χ3v) is 3.10. The van der Waals surface area contributed by atoms with Gasteiger partial charge < -0.3 is 0 Å². The van der Waals surface area contributed by atoms with Crippen LogP contribution in [0.5, 0.6) is 0 Å². The fraction of sp³-hybridized carbons (Fsp3) is 0.455. The summed E-state index contributed by atoms with van der Waals surface area (Å²) < 4.78 is 0. The van der Waals surface area contributed by atoms with E-state index in [1.54, 1.807) is 18.1 Å². The second-order valence-electron chi connectivity index (χ2n) is 3.89. The van der Waals surface area contributed by atoms with E-state index in [0.717, 1.165) is 5.82 Å². The number of carbonyl (C=O) groups excluding carboxylic acids is 1. The molecule has 0 bridgehead atoms. The number of nitrogens with zero attached hydrogens (tertiary/aromatic N) is 2. The van der Waals surface area contributed by atoms with Gasteiger partial charge in [-0.25, -0.2) is 4.98 Å². The summed E-state index contributed by atoms with van der Waals surface area (Å²) in [5.74, 6) is 1.28. The molecule has 14 heavy (non-hydrogen) atoms. The van der Waals surface area contributed by atoms with E-state index in [2.05, 4.69) is 11.9 Å². The first-order valence-electron chi connectivity index (χ1n) is 4.85. The molecular weight excluding hydrogens is 176 g/mol. The van der Waals surface area contributed by atoms with Gasteiger partial charge in [-0.3, -0.25) is 9.69 Å². The summed E-state index contributed by atoms with van der Waals surface area (Å²) in [6.45, 7) is 4.05. The van der Waals surface area contributed by atoms with Gasteiger partial charge in [0.2, 0.25) is 5.91 Å². The van der Waals surface area contributed by atoms with Crippen LogP contribution in [0.3, 0.4) is 0 Å². The van der Waals surface area contributed by atoms with E-state index < -0.39 is 0 Å². The van der Waals surface area contributed by atoms with Gasteiger partial charge in [-0.2, -0.15) is 0 Å². The Hall–Kier alpha value is -1.38. The number of fused-ring (bicyclic) bond motifs is 1. The minimum Gasteiger partial charge on any atom is -0.299 e. The van der Waals surface area contributed by atoms with Crippen molar-refractivity contribution in [1.29, 1.82) is 0 Å². The first kappa shape index (κ1) is 9.19. The molecule has 0 saturated carbocycles. The summed E-state index contributed by atoms with van der Waals surface area (Å²) in [7, 11) is 1.79. The van der Waals surface area contributed by atoms with Crippen LogP contribution in [0.15, 0.2) is 18.3 Å². The topological polar surface area (TPSA) is 33.2 Å². The smallest absolute Gasteiger partial charge is 0.231 e. The second-order valence-corrected chi connectivity index (χ2v) is 3.89. The Balaban J connectivity index is 0.00000112. The van der Waals surface area contributed by atoms with Gasteiger partial charge in [-0.15, -0.1) is 0 Å². The molecular formula is C11H16N2O. The van der Waals surface area contributed by atoms with E-state index in [1.807, 2.05) is 19.1 Å². The molecule has 1 aliphatic rings. The first-order valence-corrected chi connectivity index (χ1v) is 4.85. The molecule has 2 atom stereocenters. The van der Waals surface area contributed by atoms with Gasteiger partial charge >= 0.3 is 0 Å². The fourth-order valence-corrected chi connectivity index (χ4v) is 1.94. The van der Waals surface area contributed by atoms with E-state index in [0.29, 0.717) is 0 Å². The molecule has 3 heteroatoms. The summed E-state index contributed by atoms with van der Waals surface area (Å²) in [5.41, 5.74) is 1.17. The van der Waals surface area contributed by atoms with Crippen LogP contribution in [0, 0.1) is 5.92 Å². The Bertz CT molecular complexity index is 381. The molecule has 1 aromatic rings. The van der Waals surface area contributed by atoms with Crippen LogP contribution in [0.25, 0.3) is 0 Å². The maximum absolute atomic E-state index is 11.8. The quantitative estimate of drug-likeness (QED) is 0.631. The zero-order valence-electron chi connectivity index (χ0n) is 8.69. The Morgan fingerprint density at radius 2 is 2.14 bits per heavy atom. The SMILES string of the molecule is CC1C(=O)N(C)c2ncccc2C1C.[2HH]. The number of pyridine rings is 1. The second kappa shape index (κ2) is 3.08. The molecule has 76 valence electrons. The molecule has 1 amide bonds. The van der Waals surface area contributed by atoms with Gasteiger partial charge in [-0.1, -0.05) is 19.9 Å². The van der Waals surface area contributed by atoms with Crippen LogP contribution in [-0.4, -0.2) is 17.9 Å². The van der Waals surface area contributed by atoms with Crippen LogP contribution in [-0.2, 0) is 4.79 Å². The maximum atomic E-state index is 11.8. The molecule has 1 aromatic heterocycles. The summed E-state index contributed by atoms with van der Waals surface area (Å²) in [5, 5.41) is 0. The van der Waals surface area contributed by atoms with E-state index in [4.69, 9.17) is 0 Å². The summed E-state index contributed by atoms with van der Waals surface area (Å²) >= 11 is 0. The van der Waals surface area contributed by atoms with Crippen LogP contribution in [0.1, 0.15) is 26.8 Å². The Labute approximate surface area is 85.2 Å². The van der Waals surface area contributed by atoms with E-state index >= 15 is 0 Å². The maximum Gasteiger partial charge on any atom is 0.231 e. The van der Waals surface area contributed by atoms with Gasteiger partial charge in [0, 0.05) is 20.6 Å². The van der Waals surface area contributed by atoms with Crippen LogP contribution >= 0.6 is 0 Å².